The average Bonchev–Trinajstić information content (AvgIpc) is 2.68. The maximum Gasteiger partial charge on any atom is 0.321 e. The summed E-state index contributed by atoms with van der Waals surface area (Å²) >= 11 is 0. The van der Waals surface area contributed by atoms with Gasteiger partial charge in [0.25, 0.3) is 0 Å². The molecule has 0 bridgehead atoms. The van der Waals surface area contributed by atoms with Crippen LogP contribution in [0.15, 0.2) is 30.3 Å². The quantitative estimate of drug-likeness (QED) is 0.323. The van der Waals surface area contributed by atoms with E-state index in [0.717, 1.165) is 18.7 Å². The average molecular weight is 377 g/mol. The summed E-state index contributed by atoms with van der Waals surface area (Å²) in [6.45, 7) is 4.78. The number of carboxylic acid groups (broad SMARTS) is 1. The molecule has 0 aliphatic carbocycles. The number of benzene rings is 1. The zero-order chi connectivity index (χ0) is 19.6. The van der Waals surface area contributed by atoms with E-state index in [1.54, 1.807) is 0 Å². The van der Waals surface area contributed by atoms with E-state index in [1.165, 1.54) is 64.2 Å². The molecule has 0 heterocycles. The number of hydrogen-bond acceptors (Lipinski definition) is 3. The van der Waals surface area contributed by atoms with Gasteiger partial charge in [-0.15, -0.1) is 0 Å². The van der Waals surface area contributed by atoms with Crippen molar-refractivity contribution in [3.63, 3.8) is 0 Å². The molecule has 0 spiro atoms. The molecule has 1 aromatic rings. The molecule has 0 saturated carbocycles. The van der Waals surface area contributed by atoms with Gasteiger partial charge in [0.15, 0.2) is 0 Å². The van der Waals surface area contributed by atoms with E-state index in [2.05, 4.69) is 17.6 Å². The molecule has 154 valence electrons. The Balaban J connectivity index is 1.93. The fourth-order valence-electron chi connectivity index (χ4n) is 3.29. The van der Waals surface area contributed by atoms with E-state index >= 15 is 0 Å². The van der Waals surface area contributed by atoms with Gasteiger partial charge >= 0.3 is 5.97 Å². The zero-order valence-electron chi connectivity index (χ0n) is 17.2. The second-order valence-corrected chi connectivity index (χ2v) is 7.47. The monoisotopic (exact) mass is 376 g/mol. The van der Waals surface area contributed by atoms with Crippen molar-refractivity contribution < 1.29 is 9.90 Å². The maximum atomic E-state index is 11.4. The maximum absolute atomic E-state index is 11.4. The Kier molecular flexibility index (Phi) is 14.7. The molecule has 0 amide bonds. The molecule has 0 aromatic heterocycles. The highest BCUT2D eigenvalue weighted by atomic mass is 16.4. The molecule has 1 atom stereocenters. The van der Waals surface area contributed by atoms with Crippen molar-refractivity contribution in [2.24, 2.45) is 0 Å². The third-order valence-corrected chi connectivity index (χ3v) is 4.98. The molecule has 0 radical (unpaired) electrons. The van der Waals surface area contributed by atoms with Crippen LogP contribution < -0.4 is 10.6 Å². The molecule has 0 fully saturated rings. The summed E-state index contributed by atoms with van der Waals surface area (Å²) < 4.78 is 0. The van der Waals surface area contributed by atoms with E-state index in [-0.39, 0.29) is 0 Å². The third kappa shape index (κ3) is 13.4. The summed E-state index contributed by atoms with van der Waals surface area (Å²) in [6, 6.07) is 9.27. The van der Waals surface area contributed by atoms with Crippen molar-refractivity contribution in [1.29, 1.82) is 0 Å². The van der Waals surface area contributed by atoms with Crippen LogP contribution in [-0.4, -0.2) is 36.8 Å². The number of carboxylic acids is 1. The zero-order valence-corrected chi connectivity index (χ0v) is 17.2. The number of carbonyl (C=O) groups is 1. The summed E-state index contributed by atoms with van der Waals surface area (Å²) in [5.74, 6) is -0.784. The first-order valence-electron chi connectivity index (χ1n) is 10.9. The first-order valence-corrected chi connectivity index (χ1v) is 10.9. The summed E-state index contributed by atoms with van der Waals surface area (Å²) in [5.41, 5.74) is 1.05. The lowest BCUT2D eigenvalue weighted by atomic mass is 10.1. The SMILES string of the molecule is CCCCCCCCCCCCNCCN[C@@H](Cc1ccccc1)C(=O)O. The van der Waals surface area contributed by atoms with Gasteiger partial charge in [-0.3, -0.25) is 4.79 Å². The molecule has 27 heavy (non-hydrogen) atoms. The highest BCUT2D eigenvalue weighted by Crippen LogP contribution is 2.10. The molecule has 1 aromatic carbocycles. The van der Waals surface area contributed by atoms with E-state index in [1.807, 2.05) is 30.3 Å². The Morgan fingerprint density at radius 3 is 2.04 bits per heavy atom. The summed E-state index contributed by atoms with van der Waals surface area (Å²) in [6.07, 6.45) is 14.0. The minimum atomic E-state index is -0.784. The standard InChI is InChI=1S/C23H40N2O2/c1-2-3-4-5-6-7-8-9-10-14-17-24-18-19-25-22(23(26)27)20-21-15-12-11-13-16-21/h11-13,15-16,22,24-25H,2-10,14,17-20H2,1H3,(H,26,27)/t22-/m0/s1. The van der Waals surface area contributed by atoms with Gasteiger partial charge in [-0.25, -0.2) is 0 Å². The molecule has 3 N–H and O–H groups in total. The van der Waals surface area contributed by atoms with Crippen LogP contribution in [0.25, 0.3) is 0 Å². The van der Waals surface area contributed by atoms with Gasteiger partial charge in [0.1, 0.15) is 6.04 Å². The Bertz CT molecular complexity index is 465. The van der Waals surface area contributed by atoms with E-state index in [9.17, 15) is 9.90 Å². The van der Waals surface area contributed by atoms with Crippen molar-refractivity contribution in [2.75, 3.05) is 19.6 Å². The van der Waals surface area contributed by atoms with Crippen LogP contribution in [0.1, 0.15) is 76.7 Å². The molecular weight excluding hydrogens is 336 g/mol. The van der Waals surface area contributed by atoms with Crippen LogP contribution in [0.3, 0.4) is 0 Å². The predicted octanol–water partition coefficient (Wildman–Crippen LogP) is 4.78. The topological polar surface area (TPSA) is 61.4 Å². The molecule has 4 nitrogen and oxygen atoms in total. The van der Waals surface area contributed by atoms with Gasteiger partial charge < -0.3 is 15.7 Å². The molecule has 4 heteroatoms. The lowest BCUT2D eigenvalue weighted by molar-refractivity contribution is -0.139. The molecular formula is C23H40N2O2. The van der Waals surface area contributed by atoms with Crippen LogP contribution in [0.5, 0.6) is 0 Å². The summed E-state index contributed by atoms with van der Waals surface area (Å²) in [7, 11) is 0. The highest BCUT2D eigenvalue weighted by molar-refractivity contribution is 5.73. The van der Waals surface area contributed by atoms with Crippen LogP contribution in [0, 0.1) is 0 Å². The van der Waals surface area contributed by atoms with Crippen LogP contribution in [-0.2, 0) is 11.2 Å². The Hall–Kier alpha value is -1.39. The van der Waals surface area contributed by atoms with Gasteiger partial charge in [0, 0.05) is 13.1 Å². The van der Waals surface area contributed by atoms with Crippen LogP contribution >= 0.6 is 0 Å². The second kappa shape index (κ2) is 16.8. The minimum absolute atomic E-state index is 0.522. The number of rotatable bonds is 18. The summed E-state index contributed by atoms with van der Waals surface area (Å²) in [4.78, 5) is 11.4. The first-order chi connectivity index (χ1) is 13.2. The van der Waals surface area contributed by atoms with Crippen molar-refractivity contribution >= 4 is 5.97 Å². The normalized spacial score (nSPS) is 12.2. The lowest BCUT2D eigenvalue weighted by Crippen LogP contribution is -2.41. The predicted molar refractivity (Wildman–Crippen MR) is 114 cm³/mol. The Morgan fingerprint density at radius 2 is 1.44 bits per heavy atom. The lowest BCUT2D eigenvalue weighted by Gasteiger charge is -2.15. The van der Waals surface area contributed by atoms with Gasteiger partial charge in [0.05, 0.1) is 0 Å². The number of unbranched alkanes of at least 4 members (excludes halogenated alkanes) is 9. The highest BCUT2D eigenvalue weighted by Gasteiger charge is 2.16. The molecule has 0 aliphatic heterocycles. The number of nitrogens with one attached hydrogen (secondary N) is 2. The second-order valence-electron chi connectivity index (χ2n) is 7.47. The van der Waals surface area contributed by atoms with E-state index in [4.69, 9.17) is 0 Å². The minimum Gasteiger partial charge on any atom is -0.480 e. The molecule has 0 saturated heterocycles. The van der Waals surface area contributed by atoms with Crippen molar-refractivity contribution in [1.82, 2.24) is 10.6 Å². The van der Waals surface area contributed by atoms with Crippen molar-refractivity contribution in [2.45, 2.75) is 83.6 Å². The Labute approximate surface area is 166 Å². The largest absolute Gasteiger partial charge is 0.480 e. The van der Waals surface area contributed by atoms with Gasteiger partial charge in [0.2, 0.25) is 0 Å². The van der Waals surface area contributed by atoms with Crippen LogP contribution in [0.2, 0.25) is 0 Å². The Morgan fingerprint density at radius 1 is 0.852 bits per heavy atom. The van der Waals surface area contributed by atoms with Crippen molar-refractivity contribution in [3.05, 3.63) is 35.9 Å². The summed E-state index contributed by atoms with van der Waals surface area (Å²) in [5, 5.41) is 15.9. The number of hydrogen-bond donors (Lipinski definition) is 3. The fraction of sp³-hybridized carbons (Fsp3) is 0.696. The van der Waals surface area contributed by atoms with Crippen LogP contribution in [0.4, 0.5) is 0 Å². The third-order valence-electron chi connectivity index (χ3n) is 4.98. The molecule has 1 rings (SSSR count). The van der Waals surface area contributed by atoms with Crippen molar-refractivity contribution in [3.8, 4) is 0 Å². The van der Waals surface area contributed by atoms with Gasteiger partial charge in [-0.1, -0.05) is 95.0 Å². The van der Waals surface area contributed by atoms with Gasteiger partial charge in [-0.2, -0.15) is 0 Å². The van der Waals surface area contributed by atoms with E-state index in [0.29, 0.717) is 13.0 Å². The molecule has 0 aliphatic rings. The number of aliphatic carboxylic acids is 1. The van der Waals surface area contributed by atoms with E-state index < -0.39 is 12.0 Å². The van der Waals surface area contributed by atoms with Gasteiger partial charge in [-0.05, 0) is 24.9 Å². The smallest absolute Gasteiger partial charge is 0.321 e. The fourth-order valence-corrected chi connectivity index (χ4v) is 3.29. The molecule has 0 unspecified atom stereocenters. The first kappa shape index (κ1) is 23.6.